The van der Waals surface area contributed by atoms with Crippen molar-refractivity contribution < 1.29 is 18.0 Å². The highest BCUT2D eigenvalue weighted by atomic mass is 32.5. The van der Waals surface area contributed by atoms with Crippen molar-refractivity contribution in [2.45, 2.75) is 13.8 Å². The summed E-state index contributed by atoms with van der Waals surface area (Å²) in [4.78, 5) is 7.62. The summed E-state index contributed by atoms with van der Waals surface area (Å²) in [5.41, 5.74) is 0. The zero-order chi connectivity index (χ0) is 15.3. The molecule has 0 aliphatic heterocycles. The van der Waals surface area contributed by atoms with Crippen molar-refractivity contribution in [3.05, 3.63) is 30.5 Å². The van der Waals surface area contributed by atoms with Crippen molar-refractivity contribution in [2.24, 2.45) is 0 Å². The molecule has 2 heterocycles. The Hall–Kier alpha value is -1.41. The van der Waals surface area contributed by atoms with Crippen LogP contribution in [0.15, 0.2) is 24.5 Å². The van der Waals surface area contributed by atoms with Crippen molar-refractivity contribution in [1.82, 2.24) is 19.7 Å². The number of nitrogens with zero attached hydrogens (tertiary/aromatic N) is 4. The highest BCUT2D eigenvalue weighted by Crippen LogP contribution is 2.48. The first-order valence-corrected chi connectivity index (χ1v) is 8.75. The fraction of sp³-hybridized carbons (Fsp3) is 0.364. The maximum Gasteiger partial charge on any atom is 0.382 e. The highest BCUT2D eigenvalue weighted by molar-refractivity contribution is 8.07. The van der Waals surface area contributed by atoms with E-state index in [4.69, 9.17) is 25.4 Å². The van der Waals surface area contributed by atoms with Crippen molar-refractivity contribution in [2.75, 3.05) is 13.2 Å². The lowest BCUT2D eigenvalue weighted by Gasteiger charge is -2.18. The van der Waals surface area contributed by atoms with Crippen molar-refractivity contribution >= 4 is 18.5 Å². The quantitative estimate of drug-likeness (QED) is 0.570. The maximum atomic E-state index is 13.1. The van der Waals surface area contributed by atoms with Gasteiger partial charge in [-0.25, -0.2) is 4.98 Å². The van der Waals surface area contributed by atoms with E-state index in [1.165, 1.54) is 23.1 Å². The summed E-state index contributed by atoms with van der Waals surface area (Å²) < 4.78 is 30.4. The average Bonchev–Trinajstić information content (AvgIpc) is 2.87. The van der Waals surface area contributed by atoms with Crippen LogP contribution >= 0.6 is 6.72 Å². The van der Waals surface area contributed by atoms with Crippen molar-refractivity contribution in [3.8, 4) is 11.8 Å². The van der Waals surface area contributed by atoms with E-state index in [0.29, 0.717) is 13.2 Å². The van der Waals surface area contributed by atoms with Crippen LogP contribution in [0.25, 0.3) is 5.82 Å². The third-order valence-electron chi connectivity index (χ3n) is 2.17. The number of halogens is 1. The molecule has 0 saturated carbocycles. The number of pyridine rings is 1. The van der Waals surface area contributed by atoms with E-state index < -0.39 is 12.7 Å². The Bertz CT molecular complexity index is 644. The molecule has 0 aromatic carbocycles. The van der Waals surface area contributed by atoms with Gasteiger partial charge in [0.15, 0.2) is 5.82 Å². The van der Waals surface area contributed by atoms with Crippen LogP contribution < -0.4 is 4.52 Å². The van der Waals surface area contributed by atoms with Gasteiger partial charge in [0.1, 0.15) is 6.33 Å². The molecular formula is C11H14FN4O3PS. The average molecular weight is 332 g/mol. The van der Waals surface area contributed by atoms with Gasteiger partial charge in [-0.3, -0.25) is 9.05 Å². The molecule has 2 rings (SSSR count). The second kappa shape index (κ2) is 7.04. The molecule has 114 valence electrons. The minimum Gasteiger partial charge on any atom is -0.388 e. The van der Waals surface area contributed by atoms with E-state index in [1.54, 1.807) is 19.9 Å². The van der Waals surface area contributed by atoms with Gasteiger partial charge in [0.2, 0.25) is 5.95 Å². The van der Waals surface area contributed by atoms with Crippen LogP contribution in [0.2, 0.25) is 0 Å². The fourth-order valence-corrected chi connectivity index (χ4v) is 3.36. The van der Waals surface area contributed by atoms with Crippen molar-refractivity contribution in [3.63, 3.8) is 0 Å². The predicted molar refractivity (Wildman–Crippen MR) is 77.3 cm³/mol. The van der Waals surface area contributed by atoms with Gasteiger partial charge in [-0.2, -0.15) is 14.1 Å². The zero-order valence-corrected chi connectivity index (χ0v) is 13.2. The summed E-state index contributed by atoms with van der Waals surface area (Å²) in [6, 6.07) is 4.33. The molecule has 0 saturated heterocycles. The van der Waals surface area contributed by atoms with E-state index in [1.807, 2.05) is 0 Å². The monoisotopic (exact) mass is 332 g/mol. The first-order chi connectivity index (χ1) is 10.1. The van der Waals surface area contributed by atoms with Crippen LogP contribution in [0.4, 0.5) is 4.39 Å². The molecule has 2 aromatic rings. The molecule has 2 aromatic heterocycles. The SMILES string of the molecule is CCOP(=S)(OCC)Oc1ncn(-c2cccc(F)n2)n1. The second-order valence-corrected chi connectivity index (χ2v) is 6.60. The molecule has 10 heteroatoms. The Balaban J connectivity index is 2.18. The summed E-state index contributed by atoms with van der Waals surface area (Å²) in [5.74, 6) is -0.335. The van der Waals surface area contributed by atoms with Crippen molar-refractivity contribution in [1.29, 1.82) is 0 Å². The summed E-state index contributed by atoms with van der Waals surface area (Å²) in [5, 5.41) is 4.03. The standard InChI is InChI=1S/C11H14FN4O3PS/c1-3-17-20(21,18-4-2)19-11-13-8-16(15-11)10-7-5-6-9(12)14-10/h5-8H,3-4H2,1-2H3. The van der Waals surface area contributed by atoms with Gasteiger partial charge in [-0.15, -0.1) is 5.10 Å². The summed E-state index contributed by atoms with van der Waals surface area (Å²) in [6.07, 6.45) is 1.34. The minimum absolute atomic E-state index is 0.00806. The molecule has 0 aliphatic rings. The molecule has 0 unspecified atom stereocenters. The third kappa shape index (κ3) is 4.28. The van der Waals surface area contributed by atoms with E-state index in [0.717, 1.165) is 0 Å². The smallest absolute Gasteiger partial charge is 0.382 e. The zero-order valence-electron chi connectivity index (χ0n) is 11.5. The van der Waals surface area contributed by atoms with Crippen LogP contribution in [0.3, 0.4) is 0 Å². The number of rotatable bonds is 7. The summed E-state index contributed by atoms with van der Waals surface area (Å²) in [6.45, 7) is 1.34. The van der Waals surface area contributed by atoms with E-state index >= 15 is 0 Å². The third-order valence-corrected chi connectivity index (χ3v) is 4.57. The topological polar surface area (TPSA) is 71.3 Å². The van der Waals surface area contributed by atoms with E-state index in [9.17, 15) is 4.39 Å². The molecule has 0 N–H and O–H groups in total. The molecule has 0 amide bonds. The van der Waals surface area contributed by atoms with Gasteiger partial charge in [-0.1, -0.05) is 6.07 Å². The van der Waals surface area contributed by atoms with Crippen LogP contribution in [-0.4, -0.2) is 33.0 Å². The van der Waals surface area contributed by atoms with Gasteiger partial charge in [0.05, 0.1) is 13.2 Å². The molecule has 0 atom stereocenters. The lowest BCUT2D eigenvalue weighted by atomic mass is 10.4. The first-order valence-electron chi connectivity index (χ1n) is 6.19. The van der Waals surface area contributed by atoms with E-state index in [-0.39, 0.29) is 11.8 Å². The molecule has 0 aliphatic carbocycles. The molecule has 0 fully saturated rings. The Morgan fingerprint density at radius 3 is 2.62 bits per heavy atom. The fourth-order valence-electron chi connectivity index (χ4n) is 1.43. The normalized spacial score (nSPS) is 11.6. The van der Waals surface area contributed by atoms with Gasteiger partial charge in [0, 0.05) is 11.8 Å². The molecule has 0 spiro atoms. The number of hydrogen-bond acceptors (Lipinski definition) is 7. The Morgan fingerprint density at radius 1 is 1.29 bits per heavy atom. The molecule has 0 radical (unpaired) electrons. The lowest BCUT2D eigenvalue weighted by Crippen LogP contribution is -2.04. The number of hydrogen-bond donors (Lipinski definition) is 0. The van der Waals surface area contributed by atoms with Gasteiger partial charge < -0.3 is 4.52 Å². The van der Waals surface area contributed by atoms with Crippen LogP contribution in [0, 0.1) is 5.95 Å². The summed E-state index contributed by atoms with van der Waals surface area (Å²) in [7, 11) is 0. The Morgan fingerprint density at radius 2 is 2.00 bits per heavy atom. The second-order valence-electron chi connectivity index (χ2n) is 3.66. The Labute approximate surface area is 126 Å². The first kappa shape index (κ1) is 16.0. The molecular weight excluding hydrogens is 318 g/mol. The minimum atomic E-state index is -2.93. The van der Waals surface area contributed by atoms with Crippen LogP contribution in [0.1, 0.15) is 13.8 Å². The van der Waals surface area contributed by atoms with Gasteiger partial charge in [0.25, 0.3) is 0 Å². The Kier molecular flexibility index (Phi) is 5.35. The van der Waals surface area contributed by atoms with Gasteiger partial charge in [-0.05, 0) is 26.0 Å². The largest absolute Gasteiger partial charge is 0.388 e. The molecule has 0 bridgehead atoms. The highest BCUT2D eigenvalue weighted by Gasteiger charge is 2.23. The number of aromatic nitrogens is 4. The predicted octanol–water partition coefficient (Wildman–Crippen LogP) is 2.48. The van der Waals surface area contributed by atoms with Crippen LogP contribution in [0.5, 0.6) is 6.01 Å². The van der Waals surface area contributed by atoms with Crippen LogP contribution in [-0.2, 0) is 20.9 Å². The molecule has 21 heavy (non-hydrogen) atoms. The molecule has 7 nitrogen and oxygen atoms in total. The van der Waals surface area contributed by atoms with Gasteiger partial charge >= 0.3 is 12.7 Å². The summed E-state index contributed by atoms with van der Waals surface area (Å²) >= 11 is 5.21. The lowest BCUT2D eigenvalue weighted by molar-refractivity contribution is 0.214. The maximum absolute atomic E-state index is 13.1. The van der Waals surface area contributed by atoms with E-state index in [2.05, 4.69) is 15.1 Å².